The lowest BCUT2D eigenvalue weighted by Gasteiger charge is -2.20. The third-order valence-corrected chi connectivity index (χ3v) is 5.00. The smallest absolute Gasteiger partial charge is 0.243 e. The van der Waals surface area contributed by atoms with Crippen molar-refractivity contribution in [3.63, 3.8) is 0 Å². The van der Waals surface area contributed by atoms with Crippen LogP contribution >= 0.6 is 0 Å². The van der Waals surface area contributed by atoms with Crippen LogP contribution in [-0.4, -0.2) is 38.8 Å². The summed E-state index contributed by atoms with van der Waals surface area (Å²) >= 11 is 0. The first kappa shape index (κ1) is 16.5. The molecule has 0 aliphatic carbocycles. The minimum absolute atomic E-state index is 0.109. The van der Waals surface area contributed by atoms with Gasteiger partial charge in [-0.05, 0) is 24.1 Å². The molecular formula is C13H21N3O3S. The normalized spacial score (nSPS) is 11.6. The molecule has 0 unspecified atom stereocenters. The molecule has 0 aliphatic rings. The molecule has 0 fully saturated rings. The molecule has 0 saturated carbocycles. The van der Waals surface area contributed by atoms with Crippen LogP contribution in [0.25, 0.3) is 0 Å². The third-order valence-electron chi connectivity index (χ3n) is 3.09. The van der Waals surface area contributed by atoms with Crippen molar-refractivity contribution in [2.24, 2.45) is 0 Å². The van der Waals surface area contributed by atoms with Crippen LogP contribution in [0, 0.1) is 0 Å². The number of amides is 1. The Morgan fingerprint density at radius 1 is 1.35 bits per heavy atom. The lowest BCUT2D eigenvalue weighted by Crippen LogP contribution is -2.39. The predicted molar refractivity (Wildman–Crippen MR) is 78.7 cm³/mol. The van der Waals surface area contributed by atoms with Crippen LogP contribution < -0.4 is 11.1 Å². The molecular weight excluding hydrogens is 278 g/mol. The number of nitrogens with zero attached hydrogens (tertiary/aromatic N) is 1. The van der Waals surface area contributed by atoms with Crippen LogP contribution in [0.15, 0.2) is 23.1 Å². The summed E-state index contributed by atoms with van der Waals surface area (Å²) in [5.41, 5.74) is 7.19. The molecule has 0 atom stereocenters. The summed E-state index contributed by atoms with van der Waals surface area (Å²) in [7, 11) is -2.24. The number of aryl methyl sites for hydroxylation is 1. The van der Waals surface area contributed by atoms with E-state index in [2.05, 4.69) is 5.32 Å². The lowest BCUT2D eigenvalue weighted by atomic mass is 10.1. The van der Waals surface area contributed by atoms with Gasteiger partial charge in [0.1, 0.15) is 0 Å². The molecule has 7 heteroatoms. The number of hydrogen-bond donors (Lipinski definition) is 2. The molecule has 0 aliphatic heterocycles. The molecule has 112 valence electrons. The Morgan fingerprint density at radius 3 is 2.45 bits per heavy atom. The van der Waals surface area contributed by atoms with E-state index >= 15 is 0 Å². The molecule has 0 spiro atoms. The van der Waals surface area contributed by atoms with Crippen molar-refractivity contribution < 1.29 is 13.2 Å². The first-order valence-electron chi connectivity index (χ1n) is 6.45. The molecule has 20 heavy (non-hydrogen) atoms. The van der Waals surface area contributed by atoms with Gasteiger partial charge in [-0.1, -0.05) is 19.9 Å². The summed E-state index contributed by atoms with van der Waals surface area (Å²) in [5.74, 6) is -0.353. The van der Waals surface area contributed by atoms with E-state index in [-0.39, 0.29) is 23.9 Å². The second kappa shape index (κ2) is 6.71. The van der Waals surface area contributed by atoms with Gasteiger partial charge in [0, 0.05) is 19.3 Å². The largest absolute Gasteiger partial charge is 0.398 e. The van der Waals surface area contributed by atoms with Crippen LogP contribution in [0.5, 0.6) is 0 Å². The summed E-state index contributed by atoms with van der Waals surface area (Å²) < 4.78 is 26.0. The highest BCUT2D eigenvalue weighted by Crippen LogP contribution is 2.21. The highest BCUT2D eigenvalue weighted by Gasteiger charge is 2.25. The van der Waals surface area contributed by atoms with Crippen molar-refractivity contribution in [2.75, 3.05) is 25.9 Å². The zero-order valence-electron chi connectivity index (χ0n) is 12.0. The van der Waals surface area contributed by atoms with Gasteiger partial charge in [0.2, 0.25) is 15.9 Å². The molecule has 0 radical (unpaired) electrons. The molecule has 1 amide bonds. The summed E-state index contributed by atoms with van der Waals surface area (Å²) in [6.07, 6.45) is 0.738. The maximum atomic E-state index is 12.5. The van der Waals surface area contributed by atoms with Gasteiger partial charge in [-0.2, -0.15) is 4.31 Å². The number of rotatable bonds is 6. The zero-order chi connectivity index (χ0) is 15.3. The van der Waals surface area contributed by atoms with E-state index in [1.807, 2.05) is 6.92 Å². The molecule has 1 aromatic rings. The molecule has 3 N–H and O–H groups in total. The summed E-state index contributed by atoms with van der Waals surface area (Å²) in [4.78, 5) is 11.5. The van der Waals surface area contributed by atoms with E-state index in [1.165, 1.54) is 19.2 Å². The van der Waals surface area contributed by atoms with Crippen molar-refractivity contribution in [3.05, 3.63) is 23.8 Å². The second-order valence-corrected chi connectivity index (χ2v) is 6.26. The van der Waals surface area contributed by atoms with Crippen LogP contribution in [0.2, 0.25) is 0 Å². The van der Waals surface area contributed by atoms with E-state index < -0.39 is 10.0 Å². The van der Waals surface area contributed by atoms with Crippen LogP contribution in [-0.2, 0) is 21.2 Å². The first-order chi connectivity index (χ1) is 9.36. The minimum atomic E-state index is -3.71. The number of likely N-dealkylation sites (N-methyl/N-ethyl adjacent to an activating group) is 2. The molecule has 0 bridgehead atoms. The van der Waals surface area contributed by atoms with E-state index in [0.29, 0.717) is 5.69 Å². The van der Waals surface area contributed by atoms with Crippen LogP contribution in [0.4, 0.5) is 5.69 Å². The van der Waals surface area contributed by atoms with Gasteiger partial charge in [-0.25, -0.2) is 8.42 Å². The Morgan fingerprint density at radius 2 is 2.00 bits per heavy atom. The highest BCUT2D eigenvalue weighted by atomic mass is 32.2. The fraction of sp³-hybridized carbons (Fsp3) is 0.462. The fourth-order valence-electron chi connectivity index (χ4n) is 1.81. The minimum Gasteiger partial charge on any atom is -0.398 e. The Hall–Kier alpha value is -1.60. The Kier molecular flexibility index (Phi) is 5.52. The third kappa shape index (κ3) is 3.49. The van der Waals surface area contributed by atoms with Crippen molar-refractivity contribution in [3.8, 4) is 0 Å². The lowest BCUT2D eigenvalue weighted by molar-refractivity contribution is -0.120. The van der Waals surface area contributed by atoms with E-state index in [9.17, 15) is 13.2 Å². The Labute approximate surface area is 120 Å². The molecule has 6 nitrogen and oxygen atoms in total. The van der Waals surface area contributed by atoms with Gasteiger partial charge in [-0.3, -0.25) is 4.79 Å². The molecule has 1 rings (SSSR count). The Balaban J connectivity index is 3.14. The Bertz CT molecular complexity index is 585. The zero-order valence-corrected chi connectivity index (χ0v) is 12.8. The average Bonchev–Trinajstić information content (AvgIpc) is 2.43. The molecule has 0 saturated heterocycles. The summed E-state index contributed by atoms with van der Waals surface area (Å²) in [6.45, 7) is 3.64. The molecule has 0 heterocycles. The average molecular weight is 299 g/mol. The van der Waals surface area contributed by atoms with Gasteiger partial charge < -0.3 is 11.1 Å². The number of carbonyl (C=O) groups is 1. The maximum absolute atomic E-state index is 12.5. The van der Waals surface area contributed by atoms with Gasteiger partial charge in [0.05, 0.1) is 11.4 Å². The highest BCUT2D eigenvalue weighted by molar-refractivity contribution is 7.89. The standard InChI is InChI=1S/C13H21N3O3S/c1-4-10-6-7-11(8-12(10)14)20(18,19)16(5-2)9-13(17)15-3/h6-8H,4-5,9,14H2,1-3H3,(H,15,17). The fourth-order valence-corrected chi connectivity index (χ4v) is 3.25. The number of nitrogens with two attached hydrogens (primary N) is 1. The first-order valence-corrected chi connectivity index (χ1v) is 7.89. The summed E-state index contributed by atoms with van der Waals surface area (Å²) in [5, 5.41) is 2.41. The number of benzene rings is 1. The van der Waals surface area contributed by atoms with Crippen molar-refractivity contribution >= 4 is 21.6 Å². The predicted octanol–water partition coefficient (Wildman–Crippen LogP) is 0.588. The van der Waals surface area contributed by atoms with E-state index in [1.54, 1.807) is 13.0 Å². The second-order valence-electron chi connectivity index (χ2n) is 4.32. The van der Waals surface area contributed by atoms with E-state index in [0.717, 1.165) is 16.3 Å². The van der Waals surface area contributed by atoms with Crippen molar-refractivity contribution in [2.45, 2.75) is 25.2 Å². The molecule has 0 aromatic heterocycles. The van der Waals surface area contributed by atoms with Gasteiger partial charge >= 0.3 is 0 Å². The van der Waals surface area contributed by atoms with Crippen molar-refractivity contribution in [1.82, 2.24) is 9.62 Å². The number of anilines is 1. The molecule has 1 aromatic carbocycles. The SMILES string of the molecule is CCc1ccc(S(=O)(=O)N(CC)CC(=O)NC)cc1N. The quantitative estimate of drug-likeness (QED) is 0.752. The number of nitrogen functional groups attached to an aromatic ring is 1. The number of sulfonamides is 1. The van der Waals surface area contributed by atoms with Gasteiger partial charge in [0.15, 0.2) is 0 Å². The maximum Gasteiger partial charge on any atom is 0.243 e. The van der Waals surface area contributed by atoms with Crippen LogP contribution in [0.1, 0.15) is 19.4 Å². The van der Waals surface area contributed by atoms with Crippen LogP contribution in [0.3, 0.4) is 0 Å². The number of carbonyl (C=O) groups excluding carboxylic acids is 1. The van der Waals surface area contributed by atoms with Crippen molar-refractivity contribution in [1.29, 1.82) is 0 Å². The van der Waals surface area contributed by atoms with Gasteiger partial charge in [-0.15, -0.1) is 0 Å². The summed E-state index contributed by atoms with van der Waals surface area (Å²) in [6, 6.07) is 4.67. The van der Waals surface area contributed by atoms with E-state index in [4.69, 9.17) is 5.73 Å². The monoisotopic (exact) mass is 299 g/mol. The topological polar surface area (TPSA) is 92.5 Å². The number of hydrogen-bond acceptors (Lipinski definition) is 4. The number of nitrogens with one attached hydrogen (secondary N) is 1. The van der Waals surface area contributed by atoms with Gasteiger partial charge in [0.25, 0.3) is 0 Å².